The van der Waals surface area contributed by atoms with Crippen molar-refractivity contribution in [2.45, 2.75) is 0 Å². The van der Waals surface area contributed by atoms with Crippen LogP contribution >= 0.6 is 43.6 Å². The maximum atomic E-state index is 2.53. The third kappa shape index (κ3) is 3.00. The van der Waals surface area contributed by atoms with E-state index in [0.29, 0.717) is 0 Å². The quantitative estimate of drug-likeness (QED) is 0.412. The largest absolute Gasteiger partial charge is 0.342 e. The highest BCUT2D eigenvalue weighted by Gasteiger charge is 2.32. The lowest BCUT2D eigenvalue weighted by molar-refractivity contribution is 0.541. The number of halogens is 2. The number of hydrogen-bond acceptors (Lipinski definition) is 2. The summed E-state index contributed by atoms with van der Waals surface area (Å²) < 4.78 is 3.35. The summed E-state index contributed by atoms with van der Waals surface area (Å²) in [4.78, 5) is 0. The van der Waals surface area contributed by atoms with Gasteiger partial charge in [-0.1, -0.05) is 43.6 Å². The van der Waals surface area contributed by atoms with Crippen LogP contribution in [-0.2, 0) is 0 Å². The van der Waals surface area contributed by atoms with E-state index >= 15 is 0 Å². The van der Waals surface area contributed by atoms with E-state index in [1.54, 1.807) is 0 Å². The summed E-state index contributed by atoms with van der Waals surface area (Å²) in [6, 6.07) is 0. The van der Waals surface area contributed by atoms with Crippen LogP contribution in [0.2, 0.25) is 0 Å². The fourth-order valence-electron chi connectivity index (χ4n) is 0.400. The van der Waals surface area contributed by atoms with E-state index < -0.39 is 3.39 Å². The van der Waals surface area contributed by atoms with Crippen LogP contribution in [0.25, 0.3) is 0 Å². The molecule has 0 atom stereocenters. The van der Waals surface area contributed by atoms with Gasteiger partial charge in [0.2, 0.25) is 0 Å². The molecule has 0 aromatic carbocycles. The van der Waals surface area contributed by atoms with E-state index in [1.165, 1.54) is 0 Å². The van der Waals surface area contributed by atoms with E-state index in [9.17, 15) is 0 Å². The van der Waals surface area contributed by atoms with Crippen molar-refractivity contribution in [3.63, 3.8) is 0 Å². The fraction of sp³-hybridized carbons (Fsp3) is 1.00. The normalized spacial score (nSPS) is 13.3. The molecule has 5 heteroatoms. The maximum absolute atomic E-state index is 2.53. The minimum Gasteiger partial charge on any atom is -0.302 e. The summed E-state index contributed by atoms with van der Waals surface area (Å²) in [6.45, 7) is 0. The van der Waals surface area contributed by atoms with Crippen molar-refractivity contribution < 1.29 is 0 Å². The molecule has 0 aliphatic carbocycles. The van der Waals surface area contributed by atoms with Gasteiger partial charge in [0.1, 0.15) is 0 Å². The molecule has 56 valence electrons. The van der Waals surface area contributed by atoms with Crippen LogP contribution in [0, 0.1) is 0 Å². The summed E-state index contributed by atoms with van der Waals surface area (Å²) in [5, 5.41) is 0. The smallest absolute Gasteiger partial charge is 0.302 e. The summed E-state index contributed by atoms with van der Waals surface area (Å²) >= 11 is 5.07. The van der Waals surface area contributed by atoms with Crippen LogP contribution in [0.3, 0.4) is 0 Å². The van der Waals surface area contributed by atoms with Gasteiger partial charge in [-0.15, -0.1) is 0 Å². The molecule has 0 unspecified atom stereocenters. The van der Waals surface area contributed by atoms with Crippen LogP contribution in [0.15, 0.2) is 0 Å². The first-order chi connectivity index (χ1) is 3.89. The molecule has 2 nitrogen and oxygen atoms in total. The molecule has 0 spiro atoms. The molecular weight excluding hydrogens is 358 g/mol. The predicted molar refractivity (Wildman–Crippen MR) is 61.2 cm³/mol. The Labute approximate surface area is 83.6 Å². The van der Waals surface area contributed by atoms with Gasteiger partial charge in [-0.05, 0) is 28.2 Å². The Morgan fingerprint density at radius 2 is 1.11 bits per heavy atom. The van der Waals surface area contributed by atoms with Gasteiger partial charge < -0.3 is 9.13 Å². The zero-order valence-electron chi connectivity index (χ0n) is 6.15. The molecule has 0 rings (SSSR count). The number of nitrogens with zero attached hydrogens (tertiary/aromatic N) is 2. The fourth-order valence-corrected chi connectivity index (χ4v) is 1.20. The average Bonchev–Trinajstić information content (AvgIpc) is 1.65. The Balaban J connectivity index is 4.01. The minimum atomic E-state index is -1.25. The number of rotatable bonds is 2. The molecule has 0 heterocycles. The summed E-state index contributed by atoms with van der Waals surface area (Å²) in [5.41, 5.74) is 0. The molecule has 0 radical (unpaired) electrons. The van der Waals surface area contributed by atoms with Crippen molar-refractivity contribution in [3.05, 3.63) is 0 Å². The molecule has 0 fully saturated rings. The summed E-state index contributed by atoms with van der Waals surface area (Å²) in [5.74, 6) is 0. The van der Waals surface area contributed by atoms with Gasteiger partial charge in [0.15, 0.2) is 0 Å². The molecule has 0 aromatic heterocycles. The van der Waals surface area contributed by atoms with E-state index in [0.717, 1.165) is 0 Å². The summed E-state index contributed by atoms with van der Waals surface area (Å²) in [6.07, 6.45) is 0. The minimum absolute atomic E-state index is 1.25. The standard InChI is InChI=1S/C4H12I2N2Si/c1-7(2)9(5,6)8(3)4/h1-4H3. The van der Waals surface area contributed by atoms with E-state index in [4.69, 9.17) is 0 Å². The molecule has 0 saturated carbocycles. The van der Waals surface area contributed by atoms with E-state index in [2.05, 4.69) is 80.9 Å². The molecule has 0 saturated heterocycles. The first-order valence-electron chi connectivity index (χ1n) is 2.61. The van der Waals surface area contributed by atoms with Crippen molar-refractivity contribution in [1.82, 2.24) is 9.13 Å². The second-order valence-corrected chi connectivity index (χ2v) is 20.3. The molecule has 9 heavy (non-hydrogen) atoms. The lowest BCUT2D eigenvalue weighted by Crippen LogP contribution is -2.50. The van der Waals surface area contributed by atoms with Crippen LogP contribution in [0.4, 0.5) is 0 Å². The maximum Gasteiger partial charge on any atom is 0.342 e. The molecule has 0 aromatic rings. The predicted octanol–water partition coefficient (Wildman–Crippen LogP) is 1.42. The van der Waals surface area contributed by atoms with Gasteiger partial charge in [-0.2, -0.15) is 0 Å². The molecule has 0 bridgehead atoms. The Hall–Kier alpha value is 1.60. The lowest BCUT2D eigenvalue weighted by atomic mass is 11.3. The van der Waals surface area contributed by atoms with Crippen molar-refractivity contribution in [2.24, 2.45) is 0 Å². The van der Waals surface area contributed by atoms with E-state index in [-0.39, 0.29) is 0 Å². The number of hydrogen-bond donors (Lipinski definition) is 0. The van der Waals surface area contributed by atoms with Gasteiger partial charge in [0, 0.05) is 0 Å². The zero-order chi connectivity index (χ0) is 7.65. The van der Waals surface area contributed by atoms with Gasteiger partial charge in [-0.3, -0.25) is 0 Å². The molecule has 0 aliphatic rings. The lowest BCUT2D eigenvalue weighted by Gasteiger charge is -2.31. The van der Waals surface area contributed by atoms with Crippen molar-refractivity contribution in [1.29, 1.82) is 0 Å². The Morgan fingerprint density at radius 1 is 0.889 bits per heavy atom. The molecule has 0 amide bonds. The first kappa shape index (κ1) is 10.6. The van der Waals surface area contributed by atoms with Crippen molar-refractivity contribution >= 4 is 47.0 Å². The average molecular weight is 370 g/mol. The van der Waals surface area contributed by atoms with Crippen LogP contribution in [0.1, 0.15) is 0 Å². The Morgan fingerprint density at radius 3 is 1.11 bits per heavy atom. The molecule has 0 aliphatic heterocycles. The van der Waals surface area contributed by atoms with Crippen molar-refractivity contribution in [3.8, 4) is 0 Å². The van der Waals surface area contributed by atoms with Gasteiger partial charge >= 0.3 is 3.39 Å². The topological polar surface area (TPSA) is 6.48 Å². The second kappa shape index (κ2) is 3.84. The van der Waals surface area contributed by atoms with Crippen LogP contribution in [0.5, 0.6) is 0 Å². The first-order valence-corrected chi connectivity index (χ1v) is 10.7. The third-order valence-electron chi connectivity index (χ3n) is 1.08. The monoisotopic (exact) mass is 370 g/mol. The molecular formula is C4H12I2N2Si. The van der Waals surface area contributed by atoms with Crippen LogP contribution in [-0.4, -0.2) is 40.7 Å². The zero-order valence-corrected chi connectivity index (χ0v) is 11.5. The molecule has 0 N–H and O–H groups in total. The highest BCUT2D eigenvalue weighted by atomic mass is 127. The Bertz CT molecular complexity index is 84.6. The second-order valence-electron chi connectivity index (χ2n) is 2.30. The van der Waals surface area contributed by atoms with Gasteiger partial charge in [0.05, 0.1) is 0 Å². The van der Waals surface area contributed by atoms with Crippen molar-refractivity contribution in [2.75, 3.05) is 28.2 Å². The Kier molecular flexibility index (Phi) is 4.52. The van der Waals surface area contributed by atoms with E-state index in [1.807, 2.05) is 0 Å². The van der Waals surface area contributed by atoms with Crippen LogP contribution < -0.4 is 0 Å². The highest BCUT2D eigenvalue weighted by Crippen LogP contribution is 2.25. The SMILES string of the molecule is CN(C)[Si](I)(I)N(C)C. The van der Waals surface area contributed by atoms with Gasteiger partial charge in [0.25, 0.3) is 0 Å². The van der Waals surface area contributed by atoms with Gasteiger partial charge in [-0.25, -0.2) is 0 Å². The summed E-state index contributed by atoms with van der Waals surface area (Å²) in [7, 11) is 8.52. The highest BCUT2D eigenvalue weighted by molar-refractivity contribution is 14.3. The third-order valence-corrected chi connectivity index (χ3v) is 14.8.